The number of aromatic nitrogens is 1. The van der Waals surface area contributed by atoms with Gasteiger partial charge in [-0.3, -0.25) is 0 Å². The van der Waals surface area contributed by atoms with Crippen LogP contribution in [0.4, 0.5) is 5.13 Å². The summed E-state index contributed by atoms with van der Waals surface area (Å²) in [6, 6.07) is 8.49. The van der Waals surface area contributed by atoms with E-state index in [0.717, 1.165) is 17.4 Å². The molecule has 0 saturated heterocycles. The lowest BCUT2D eigenvalue weighted by molar-refractivity contribution is 0.566. The van der Waals surface area contributed by atoms with E-state index in [-0.39, 0.29) is 5.41 Å². The van der Waals surface area contributed by atoms with E-state index < -0.39 is 0 Å². The average Bonchev–Trinajstić information content (AvgIpc) is 2.85. The van der Waals surface area contributed by atoms with Gasteiger partial charge in [-0.25, -0.2) is 4.98 Å². The molecular formula is C17H25N3S. The molecule has 0 bridgehead atoms. The number of hydrogen-bond acceptors (Lipinski definition) is 4. The van der Waals surface area contributed by atoms with E-state index in [4.69, 9.17) is 10.7 Å². The summed E-state index contributed by atoms with van der Waals surface area (Å²) in [7, 11) is 2.10. The third kappa shape index (κ3) is 3.63. The van der Waals surface area contributed by atoms with E-state index in [2.05, 4.69) is 63.9 Å². The summed E-state index contributed by atoms with van der Waals surface area (Å²) in [5.74, 6) is 0. The minimum Gasteiger partial charge on any atom is -0.347 e. The summed E-state index contributed by atoms with van der Waals surface area (Å²) in [5.41, 5.74) is 9.70. The van der Waals surface area contributed by atoms with Crippen molar-refractivity contribution in [2.45, 2.75) is 46.2 Å². The number of rotatable bonds is 4. The quantitative estimate of drug-likeness (QED) is 0.933. The van der Waals surface area contributed by atoms with Crippen molar-refractivity contribution in [1.82, 2.24) is 4.98 Å². The van der Waals surface area contributed by atoms with Crippen LogP contribution in [0.1, 0.15) is 42.5 Å². The van der Waals surface area contributed by atoms with Gasteiger partial charge in [-0.2, -0.15) is 0 Å². The second kappa shape index (κ2) is 6.16. The summed E-state index contributed by atoms with van der Waals surface area (Å²) in [6.45, 7) is 10.1. The van der Waals surface area contributed by atoms with Gasteiger partial charge in [-0.15, -0.1) is 11.3 Å². The number of anilines is 1. The molecule has 0 aliphatic rings. The van der Waals surface area contributed by atoms with Gasteiger partial charge in [0.25, 0.3) is 0 Å². The molecule has 0 aliphatic heterocycles. The molecule has 2 aromatic rings. The maximum atomic E-state index is 5.89. The topological polar surface area (TPSA) is 42.2 Å². The zero-order valence-corrected chi connectivity index (χ0v) is 14.4. The molecule has 4 heteroatoms. The van der Waals surface area contributed by atoms with Gasteiger partial charge in [-0.1, -0.05) is 45.0 Å². The SMILES string of the molecule is Cc1ccccc1CN(C)c1nc(C(C)(C)C)c(CN)s1. The highest BCUT2D eigenvalue weighted by atomic mass is 32.1. The van der Waals surface area contributed by atoms with E-state index in [9.17, 15) is 0 Å². The summed E-state index contributed by atoms with van der Waals surface area (Å²) in [4.78, 5) is 8.24. The highest BCUT2D eigenvalue weighted by Gasteiger charge is 2.23. The first-order valence-corrected chi connectivity index (χ1v) is 8.10. The fourth-order valence-corrected chi connectivity index (χ4v) is 3.45. The van der Waals surface area contributed by atoms with Gasteiger partial charge in [-0.05, 0) is 18.1 Å². The molecule has 0 radical (unpaired) electrons. The van der Waals surface area contributed by atoms with Crippen molar-refractivity contribution >= 4 is 16.5 Å². The second-order valence-electron chi connectivity index (χ2n) is 6.50. The zero-order chi connectivity index (χ0) is 15.6. The molecule has 0 aliphatic carbocycles. The lowest BCUT2D eigenvalue weighted by atomic mass is 9.91. The number of nitrogens with zero attached hydrogens (tertiary/aromatic N) is 2. The normalized spacial score (nSPS) is 11.7. The monoisotopic (exact) mass is 303 g/mol. The van der Waals surface area contributed by atoms with Gasteiger partial charge in [0, 0.05) is 30.4 Å². The molecule has 0 spiro atoms. The predicted octanol–water partition coefficient (Wildman–Crippen LogP) is 3.84. The minimum atomic E-state index is 0.0347. The van der Waals surface area contributed by atoms with Crippen molar-refractivity contribution in [2.24, 2.45) is 5.73 Å². The summed E-state index contributed by atoms with van der Waals surface area (Å²) >= 11 is 1.71. The van der Waals surface area contributed by atoms with Crippen LogP contribution in [0.5, 0.6) is 0 Å². The van der Waals surface area contributed by atoms with E-state index in [1.807, 2.05) is 0 Å². The lowest BCUT2D eigenvalue weighted by Crippen LogP contribution is -2.18. The lowest BCUT2D eigenvalue weighted by Gasteiger charge is -2.18. The molecule has 2 rings (SSSR count). The predicted molar refractivity (Wildman–Crippen MR) is 92.0 cm³/mol. The molecule has 0 amide bonds. The third-order valence-electron chi connectivity index (χ3n) is 3.58. The molecule has 21 heavy (non-hydrogen) atoms. The Morgan fingerprint density at radius 2 is 1.90 bits per heavy atom. The number of hydrogen-bond donors (Lipinski definition) is 1. The molecule has 0 saturated carbocycles. The van der Waals surface area contributed by atoms with Crippen LogP contribution in [0, 0.1) is 6.92 Å². The van der Waals surface area contributed by atoms with Gasteiger partial charge >= 0.3 is 0 Å². The Labute approximate surface area is 131 Å². The van der Waals surface area contributed by atoms with Crippen molar-refractivity contribution < 1.29 is 0 Å². The summed E-state index contributed by atoms with van der Waals surface area (Å²) in [5, 5.41) is 1.05. The van der Waals surface area contributed by atoms with Crippen molar-refractivity contribution in [3.05, 3.63) is 46.0 Å². The molecule has 2 N–H and O–H groups in total. The average molecular weight is 303 g/mol. The van der Waals surface area contributed by atoms with Crippen LogP contribution < -0.4 is 10.6 Å². The Kier molecular flexibility index (Phi) is 4.69. The summed E-state index contributed by atoms with van der Waals surface area (Å²) < 4.78 is 0. The third-order valence-corrected chi connectivity index (χ3v) is 4.77. The Bertz CT molecular complexity index is 611. The van der Waals surface area contributed by atoms with Crippen molar-refractivity contribution in [3.8, 4) is 0 Å². The largest absolute Gasteiger partial charge is 0.347 e. The van der Waals surface area contributed by atoms with Crippen LogP contribution in [0.2, 0.25) is 0 Å². The Balaban J connectivity index is 2.26. The van der Waals surface area contributed by atoms with E-state index in [0.29, 0.717) is 6.54 Å². The maximum Gasteiger partial charge on any atom is 0.185 e. The fraction of sp³-hybridized carbons (Fsp3) is 0.471. The molecule has 1 heterocycles. The van der Waals surface area contributed by atoms with Crippen LogP contribution in [0.3, 0.4) is 0 Å². The molecule has 0 fully saturated rings. The first-order chi connectivity index (χ1) is 9.82. The molecule has 0 unspecified atom stereocenters. The molecule has 1 aromatic carbocycles. The molecule has 1 aromatic heterocycles. The number of thiazole rings is 1. The van der Waals surface area contributed by atoms with Crippen LogP contribution in [-0.2, 0) is 18.5 Å². The van der Waals surface area contributed by atoms with Crippen LogP contribution in [-0.4, -0.2) is 12.0 Å². The zero-order valence-electron chi connectivity index (χ0n) is 13.6. The number of benzene rings is 1. The van der Waals surface area contributed by atoms with Gasteiger partial charge in [0.1, 0.15) is 0 Å². The molecular weight excluding hydrogens is 278 g/mol. The van der Waals surface area contributed by atoms with E-state index in [1.165, 1.54) is 16.0 Å². The molecule has 114 valence electrons. The van der Waals surface area contributed by atoms with E-state index >= 15 is 0 Å². The maximum absolute atomic E-state index is 5.89. The van der Waals surface area contributed by atoms with Gasteiger partial charge in [0.05, 0.1) is 5.69 Å². The first kappa shape index (κ1) is 16.0. The van der Waals surface area contributed by atoms with Crippen LogP contribution in [0.25, 0.3) is 0 Å². The smallest absolute Gasteiger partial charge is 0.185 e. The van der Waals surface area contributed by atoms with Crippen molar-refractivity contribution in [1.29, 1.82) is 0 Å². The summed E-state index contributed by atoms with van der Waals surface area (Å²) in [6.07, 6.45) is 0. The Morgan fingerprint density at radius 3 is 2.43 bits per heavy atom. The number of aryl methyl sites for hydroxylation is 1. The van der Waals surface area contributed by atoms with Crippen LogP contribution >= 0.6 is 11.3 Å². The van der Waals surface area contributed by atoms with Crippen molar-refractivity contribution in [2.75, 3.05) is 11.9 Å². The highest BCUT2D eigenvalue weighted by Crippen LogP contribution is 2.33. The standard InChI is InChI=1S/C17H25N3S/c1-12-8-6-7-9-13(12)11-20(5)16-19-15(17(2,3)4)14(10-18)21-16/h6-9H,10-11,18H2,1-5H3. The van der Waals surface area contributed by atoms with Gasteiger partial charge < -0.3 is 10.6 Å². The van der Waals surface area contributed by atoms with Crippen LogP contribution in [0.15, 0.2) is 24.3 Å². The van der Waals surface area contributed by atoms with E-state index in [1.54, 1.807) is 11.3 Å². The first-order valence-electron chi connectivity index (χ1n) is 7.29. The minimum absolute atomic E-state index is 0.0347. The van der Waals surface area contributed by atoms with Gasteiger partial charge in [0.15, 0.2) is 5.13 Å². The molecule has 3 nitrogen and oxygen atoms in total. The molecule has 0 atom stereocenters. The Hall–Kier alpha value is -1.39. The Morgan fingerprint density at radius 1 is 1.24 bits per heavy atom. The van der Waals surface area contributed by atoms with Crippen molar-refractivity contribution in [3.63, 3.8) is 0 Å². The van der Waals surface area contributed by atoms with Gasteiger partial charge in [0.2, 0.25) is 0 Å². The highest BCUT2D eigenvalue weighted by molar-refractivity contribution is 7.15. The second-order valence-corrected chi connectivity index (χ2v) is 7.57. The number of nitrogens with two attached hydrogens (primary N) is 1. The fourth-order valence-electron chi connectivity index (χ4n) is 2.34.